The first-order valence-electron chi connectivity index (χ1n) is 7.62. The molecule has 0 unspecified atom stereocenters. The second-order valence-corrected chi connectivity index (χ2v) is 6.98. The fourth-order valence-corrected chi connectivity index (χ4v) is 2.30. The number of ether oxygens (including phenoxy) is 1. The fraction of sp³-hybridized carbons (Fsp3) is 0.412. The van der Waals surface area contributed by atoms with Gasteiger partial charge < -0.3 is 15.2 Å². The predicted molar refractivity (Wildman–Crippen MR) is 86.5 cm³/mol. The summed E-state index contributed by atoms with van der Waals surface area (Å²) >= 11 is 0. The molecular weight excluding hydrogens is 328 g/mol. The fourth-order valence-electron chi connectivity index (χ4n) is 2.30. The van der Waals surface area contributed by atoms with Crippen LogP contribution in [-0.4, -0.2) is 40.6 Å². The van der Waals surface area contributed by atoms with Gasteiger partial charge in [-0.2, -0.15) is 0 Å². The molecule has 25 heavy (non-hydrogen) atoms. The number of esters is 1. The first-order chi connectivity index (χ1) is 11.5. The standard InChI is InChI=1S/C17H20N2O6/c1-16(2,3)14(23)25-9-19-13(22)17(4,18-15(19)24)11-7-5-10(6-8-11)12(20)21/h5-8H,9H2,1-4H3,(H,18,24)(H,20,21)/t17-/m1/s1. The minimum absolute atomic E-state index is 0.0695. The summed E-state index contributed by atoms with van der Waals surface area (Å²) < 4.78 is 5.04. The van der Waals surface area contributed by atoms with Crippen molar-refractivity contribution in [3.05, 3.63) is 35.4 Å². The van der Waals surface area contributed by atoms with Crippen LogP contribution in [0.4, 0.5) is 4.79 Å². The average molecular weight is 348 g/mol. The topological polar surface area (TPSA) is 113 Å². The van der Waals surface area contributed by atoms with E-state index in [4.69, 9.17) is 9.84 Å². The van der Waals surface area contributed by atoms with Gasteiger partial charge in [-0.05, 0) is 45.4 Å². The van der Waals surface area contributed by atoms with Crippen molar-refractivity contribution in [1.29, 1.82) is 0 Å². The summed E-state index contributed by atoms with van der Waals surface area (Å²) in [6.07, 6.45) is 0. The highest BCUT2D eigenvalue weighted by atomic mass is 16.5. The number of hydrogen-bond acceptors (Lipinski definition) is 5. The highest BCUT2D eigenvalue weighted by molar-refractivity contribution is 6.07. The van der Waals surface area contributed by atoms with Gasteiger partial charge in [-0.15, -0.1) is 0 Å². The van der Waals surface area contributed by atoms with E-state index in [1.54, 1.807) is 20.8 Å². The van der Waals surface area contributed by atoms with E-state index in [1.807, 2.05) is 0 Å². The maximum absolute atomic E-state index is 12.7. The molecule has 8 nitrogen and oxygen atoms in total. The van der Waals surface area contributed by atoms with Crippen molar-refractivity contribution in [2.24, 2.45) is 5.41 Å². The number of benzene rings is 1. The molecule has 1 saturated heterocycles. The Kier molecular flexibility index (Phi) is 4.57. The van der Waals surface area contributed by atoms with E-state index in [0.717, 1.165) is 4.90 Å². The van der Waals surface area contributed by atoms with Crippen LogP contribution in [0.2, 0.25) is 0 Å². The summed E-state index contributed by atoms with van der Waals surface area (Å²) in [7, 11) is 0. The monoisotopic (exact) mass is 348 g/mol. The van der Waals surface area contributed by atoms with Crippen molar-refractivity contribution in [3.8, 4) is 0 Å². The Morgan fingerprint density at radius 1 is 1.20 bits per heavy atom. The maximum Gasteiger partial charge on any atom is 0.335 e. The lowest BCUT2D eigenvalue weighted by atomic mass is 9.91. The minimum atomic E-state index is -1.36. The third-order valence-electron chi connectivity index (χ3n) is 3.92. The van der Waals surface area contributed by atoms with E-state index in [1.165, 1.54) is 31.2 Å². The third-order valence-corrected chi connectivity index (χ3v) is 3.92. The highest BCUT2D eigenvalue weighted by Crippen LogP contribution is 2.29. The largest absolute Gasteiger partial charge is 0.478 e. The Hall–Kier alpha value is -2.90. The number of carbonyl (C=O) groups excluding carboxylic acids is 3. The van der Waals surface area contributed by atoms with Crippen LogP contribution >= 0.6 is 0 Å². The van der Waals surface area contributed by atoms with Gasteiger partial charge in [0.2, 0.25) is 0 Å². The van der Waals surface area contributed by atoms with Crippen LogP contribution in [0.5, 0.6) is 0 Å². The maximum atomic E-state index is 12.7. The number of urea groups is 1. The number of imide groups is 1. The van der Waals surface area contributed by atoms with E-state index in [0.29, 0.717) is 5.56 Å². The number of carboxylic acids is 1. The van der Waals surface area contributed by atoms with Crippen molar-refractivity contribution in [2.75, 3.05) is 6.73 Å². The molecular formula is C17H20N2O6. The van der Waals surface area contributed by atoms with Crippen LogP contribution in [-0.2, 0) is 19.9 Å². The van der Waals surface area contributed by atoms with Gasteiger partial charge in [0.15, 0.2) is 6.73 Å². The Bertz CT molecular complexity index is 735. The van der Waals surface area contributed by atoms with Crippen molar-refractivity contribution in [3.63, 3.8) is 0 Å². The van der Waals surface area contributed by atoms with Crippen LogP contribution in [0.1, 0.15) is 43.6 Å². The van der Waals surface area contributed by atoms with Gasteiger partial charge in [0.25, 0.3) is 5.91 Å². The second kappa shape index (κ2) is 6.19. The molecule has 1 heterocycles. The van der Waals surface area contributed by atoms with E-state index in [2.05, 4.69) is 5.32 Å². The van der Waals surface area contributed by atoms with Crippen LogP contribution in [0, 0.1) is 5.41 Å². The smallest absolute Gasteiger partial charge is 0.335 e. The van der Waals surface area contributed by atoms with E-state index >= 15 is 0 Å². The summed E-state index contributed by atoms with van der Waals surface area (Å²) in [5.41, 5.74) is -1.61. The molecule has 2 N–H and O–H groups in total. The SMILES string of the molecule is CC(C)(C)C(=O)OCN1C(=O)N[C@](C)(c2ccc(C(=O)O)cc2)C1=O. The molecule has 0 aromatic heterocycles. The van der Waals surface area contributed by atoms with Gasteiger partial charge >= 0.3 is 18.0 Å². The van der Waals surface area contributed by atoms with Gasteiger partial charge in [0.1, 0.15) is 5.54 Å². The number of amides is 3. The van der Waals surface area contributed by atoms with Crippen LogP contribution in [0.15, 0.2) is 24.3 Å². The molecule has 134 valence electrons. The molecule has 1 atom stereocenters. The second-order valence-electron chi connectivity index (χ2n) is 6.98. The zero-order valence-electron chi connectivity index (χ0n) is 14.5. The van der Waals surface area contributed by atoms with E-state index in [-0.39, 0.29) is 5.56 Å². The Labute approximate surface area is 144 Å². The molecule has 1 aliphatic rings. The summed E-state index contributed by atoms with van der Waals surface area (Å²) in [5, 5.41) is 11.5. The molecule has 3 amide bonds. The zero-order chi connectivity index (χ0) is 19.0. The lowest BCUT2D eigenvalue weighted by Crippen LogP contribution is -2.41. The van der Waals surface area contributed by atoms with Crippen molar-refractivity contribution < 1.29 is 29.0 Å². The number of aromatic carboxylic acids is 1. The number of hydrogen-bond donors (Lipinski definition) is 2. The lowest BCUT2D eigenvalue weighted by Gasteiger charge is -2.23. The Morgan fingerprint density at radius 3 is 2.24 bits per heavy atom. The number of carboxylic acid groups (broad SMARTS) is 1. The first kappa shape index (κ1) is 18.4. The zero-order valence-corrected chi connectivity index (χ0v) is 14.5. The molecule has 0 saturated carbocycles. The van der Waals surface area contributed by atoms with Crippen LogP contribution in [0.3, 0.4) is 0 Å². The predicted octanol–water partition coefficient (Wildman–Crippen LogP) is 1.70. The third kappa shape index (κ3) is 3.47. The summed E-state index contributed by atoms with van der Waals surface area (Å²) in [6.45, 7) is 6.01. The van der Waals surface area contributed by atoms with E-state index < -0.39 is 41.6 Å². The van der Waals surface area contributed by atoms with Gasteiger partial charge in [0.05, 0.1) is 11.0 Å². The van der Waals surface area contributed by atoms with E-state index in [9.17, 15) is 19.2 Å². The number of rotatable bonds is 4. The minimum Gasteiger partial charge on any atom is -0.478 e. The van der Waals surface area contributed by atoms with Crippen LogP contribution in [0.25, 0.3) is 0 Å². The normalized spacial score (nSPS) is 20.4. The molecule has 0 radical (unpaired) electrons. The molecule has 0 spiro atoms. The highest BCUT2D eigenvalue weighted by Gasteiger charge is 2.49. The number of carbonyl (C=O) groups is 4. The molecule has 1 fully saturated rings. The van der Waals surface area contributed by atoms with Crippen LogP contribution < -0.4 is 5.32 Å². The van der Waals surface area contributed by atoms with Crippen molar-refractivity contribution in [1.82, 2.24) is 10.2 Å². The summed E-state index contributed by atoms with van der Waals surface area (Å²) in [5.74, 6) is -2.20. The molecule has 2 rings (SSSR count). The van der Waals surface area contributed by atoms with Crippen molar-refractivity contribution in [2.45, 2.75) is 33.2 Å². The lowest BCUT2D eigenvalue weighted by molar-refractivity contribution is -0.158. The van der Waals surface area contributed by atoms with Crippen molar-refractivity contribution >= 4 is 23.9 Å². The molecule has 1 aromatic carbocycles. The number of nitrogens with one attached hydrogen (secondary N) is 1. The van der Waals surface area contributed by atoms with Gasteiger partial charge in [-0.25, -0.2) is 14.5 Å². The average Bonchev–Trinajstić information content (AvgIpc) is 2.75. The van der Waals surface area contributed by atoms with Gasteiger partial charge in [-0.1, -0.05) is 12.1 Å². The van der Waals surface area contributed by atoms with Gasteiger partial charge in [-0.3, -0.25) is 9.59 Å². The molecule has 0 aliphatic carbocycles. The molecule has 1 aliphatic heterocycles. The summed E-state index contributed by atoms with van der Waals surface area (Å²) in [6, 6.07) is 4.95. The Morgan fingerprint density at radius 2 is 1.76 bits per heavy atom. The van der Waals surface area contributed by atoms with Gasteiger partial charge in [0, 0.05) is 0 Å². The molecule has 1 aromatic rings. The number of nitrogens with zero attached hydrogens (tertiary/aromatic N) is 1. The molecule has 0 bridgehead atoms. The quantitative estimate of drug-likeness (QED) is 0.632. The summed E-state index contributed by atoms with van der Waals surface area (Å²) in [4.78, 5) is 48.3. The Balaban J connectivity index is 2.18. The molecule has 8 heteroatoms. The first-order valence-corrected chi connectivity index (χ1v) is 7.62.